The number of urea groups is 1. The number of nitrogens with zero attached hydrogens (tertiary/aromatic N) is 1. The lowest BCUT2D eigenvalue weighted by Gasteiger charge is -2.26. The van der Waals surface area contributed by atoms with Gasteiger partial charge in [0.1, 0.15) is 6.54 Å². The molecule has 1 aliphatic rings. The molecule has 0 aromatic heterocycles. The number of sulfone groups is 1. The topological polar surface area (TPSA) is 133 Å². The highest BCUT2D eigenvalue weighted by molar-refractivity contribution is 7.91. The largest absolute Gasteiger partial charge is 0.480 e. The van der Waals surface area contributed by atoms with Crippen molar-refractivity contribution in [2.45, 2.75) is 19.4 Å². The van der Waals surface area contributed by atoms with Crippen molar-refractivity contribution < 1.29 is 27.9 Å². The number of hydrogen-bond acceptors (Lipinski definition) is 5. The molecule has 1 aliphatic heterocycles. The maximum Gasteiger partial charge on any atom is 0.323 e. The van der Waals surface area contributed by atoms with Crippen molar-refractivity contribution in [3.63, 3.8) is 0 Å². The molecule has 10 heteroatoms. The van der Waals surface area contributed by atoms with Gasteiger partial charge in [0.05, 0.1) is 11.5 Å². The van der Waals surface area contributed by atoms with Crippen LogP contribution in [0.15, 0.2) is 0 Å². The number of carbonyl (C=O) groups is 3. The quantitative estimate of drug-likeness (QED) is 0.505. The standard InChI is InChI=1S/C11H19N3O6S/c1-8(15)12-3-4-13-11(18)14(6-10(16)17)9-2-5-21(19,20)7-9/h9H,2-7H2,1H3,(H,12,15)(H,13,18)(H,16,17). The number of carboxylic acids is 1. The Hall–Kier alpha value is -1.84. The lowest BCUT2D eigenvalue weighted by molar-refractivity contribution is -0.138. The van der Waals surface area contributed by atoms with E-state index in [1.165, 1.54) is 6.92 Å². The van der Waals surface area contributed by atoms with Crippen LogP contribution in [-0.4, -0.2) is 73.5 Å². The second kappa shape index (κ2) is 7.25. The Labute approximate surface area is 122 Å². The Kier molecular flexibility index (Phi) is 5.94. The van der Waals surface area contributed by atoms with Crippen molar-refractivity contribution in [2.24, 2.45) is 0 Å². The second-order valence-corrected chi connectivity index (χ2v) is 7.02. The molecule has 0 spiro atoms. The first-order valence-electron chi connectivity index (χ1n) is 6.42. The van der Waals surface area contributed by atoms with Gasteiger partial charge in [-0.25, -0.2) is 13.2 Å². The average molecular weight is 321 g/mol. The fourth-order valence-corrected chi connectivity index (χ4v) is 3.77. The minimum Gasteiger partial charge on any atom is -0.480 e. The van der Waals surface area contributed by atoms with Crippen LogP contribution in [0.25, 0.3) is 0 Å². The van der Waals surface area contributed by atoms with Gasteiger partial charge in [-0.2, -0.15) is 0 Å². The van der Waals surface area contributed by atoms with Crippen LogP contribution in [0, 0.1) is 0 Å². The van der Waals surface area contributed by atoms with E-state index < -0.39 is 34.4 Å². The van der Waals surface area contributed by atoms with E-state index in [-0.39, 0.29) is 36.9 Å². The molecule has 9 nitrogen and oxygen atoms in total. The lowest BCUT2D eigenvalue weighted by atomic mass is 10.2. The van der Waals surface area contributed by atoms with Gasteiger partial charge < -0.3 is 20.6 Å². The maximum atomic E-state index is 12.0. The van der Waals surface area contributed by atoms with Crippen LogP contribution < -0.4 is 10.6 Å². The second-order valence-electron chi connectivity index (χ2n) is 4.79. The predicted molar refractivity (Wildman–Crippen MR) is 73.5 cm³/mol. The van der Waals surface area contributed by atoms with Crippen LogP contribution in [0.1, 0.15) is 13.3 Å². The fraction of sp³-hybridized carbons (Fsp3) is 0.727. The van der Waals surface area contributed by atoms with E-state index in [4.69, 9.17) is 5.11 Å². The smallest absolute Gasteiger partial charge is 0.323 e. The average Bonchev–Trinajstić information content (AvgIpc) is 2.71. The Balaban J connectivity index is 2.58. The highest BCUT2D eigenvalue weighted by Crippen LogP contribution is 2.17. The number of amides is 3. The molecule has 0 radical (unpaired) electrons. The molecular formula is C11H19N3O6S. The highest BCUT2D eigenvalue weighted by atomic mass is 32.2. The van der Waals surface area contributed by atoms with Crippen LogP contribution in [0.2, 0.25) is 0 Å². The molecule has 120 valence electrons. The number of carbonyl (C=O) groups excluding carboxylic acids is 2. The zero-order valence-corrected chi connectivity index (χ0v) is 12.5. The zero-order chi connectivity index (χ0) is 16.0. The van der Waals surface area contributed by atoms with Gasteiger partial charge in [0, 0.05) is 26.1 Å². The number of nitrogens with one attached hydrogen (secondary N) is 2. The molecule has 3 amide bonds. The maximum absolute atomic E-state index is 12.0. The summed E-state index contributed by atoms with van der Waals surface area (Å²) in [5.41, 5.74) is 0. The normalized spacial score (nSPS) is 19.8. The monoisotopic (exact) mass is 321 g/mol. The minimum absolute atomic E-state index is 0.0487. The van der Waals surface area contributed by atoms with E-state index in [0.29, 0.717) is 0 Å². The summed E-state index contributed by atoms with van der Waals surface area (Å²) in [4.78, 5) is 34.5. The lowest BCUT2D eigenvalue weighted by Crippen LogP contribution is -2.50. The van der Waals surface area contributed by atoms with Gasteiger partial charge >= 0.3 is 12.0 Å². The molecule has 0 saturated carbocycles. The van der Waals surface area contributed by atoms with Crippen LogP contribution in [0.4, 0.5) is 4.79 Å². The fourth-order valence-electron chi connectivity index (χ4n) is 2.04. The number of rotatable bonds is 6. The molecule has 3 N–H and O–H groups in total. The Morgan fingerprint density at radius 3 is 2.33 bits per heavy atom. The summed E-state index contributed by atoms with van der Waals surface area (Å²) >= 11 is 0. The van der Waals surface area contributed by atoms with Crippen LogP contribution in [0.3, 0.4) is 0 Å². The van der Waals surface area contributed by atoms with Gasteiger partial charge in [0.15, 0.2) is 9.84 Å². The van der Waals surface area contributed by atoms with E-state index in [1.807, 2.05) is 0 Å². The van der Waals surface area contributed by atoms with Crippen LogP contribution in [0.5, 0.6) is 0 Å². The summed E-state index contributed by atoms with van der Waals surface area (Å²) < 4.78 is 22.9. The summed E-state index contributed by atoms with van der Waals surface area (Å²) in [6.07, 6.45) is 0.231. The van der Waals surface area contributed by atoms with Crippen molar-refractivity contribution in [3.05, 3.63) is 0 Å². The van der Waals surface area contributed by atoms with Crippen molar-refractivity contribution in [3.8, 4) is 0 Å². The molecule has 21 heavy (non-hydrogen) atoms. The molecule has 1 saturated heterocycles. The van der Waals surface area contributed by atoms with Crippen LogP contribution >= 0.6 is 0 Å². The third-order valence-electron chi connectivity index (χ3n) is 2.99. The molecule has 1 fully saturated rings. The molecular weight excluding hydrogens is 302 g/mol. The van der Waals surface area contributed by atoms with E-state index in [2.05, 4.69) is 10.6 Å². The van der Waals surface area contributed by atoms with E-state index in [1.54, 1.807) is 0 Å². The van der Waals surface area contributed by atoms with Gasteiger partial charge in [-0.1, -0.05) is 0 Å². The van der Waals surface area contributed by atoms with Gasteiger partial charge in [0.25, 0.3) is 0 Å². The first-order valence-corrected chi connectivity index (χ1v) is 8.24. The summed E-state index contributed by atoms with van der Waals surface area (Å²) in [6, 6.07) is -1.28. The van der Waals surface area contributed by atoms with Crippen LogP contribution in [-0.2, 0) is 19.4 Å². The molecule has 0 aromatic rings. The molecule has 0 aliphatic carbocycles. The highest BCUT2D eigenvalue weighted by Gasteiger charge is 2.35. The van der Waals surface area contributed by atoms with Crippen molar-refractivity contribution in [2.75, 3.05) is 31.1 Å². The molecule has 0 bridgehead atoms. The zero-order valence-electron chi connectivity index (χ0n) is 11.7. The number of carboxylic acid groups (broad SMARTS) is 1. The van der Waals surface area contributed by atoms with E-state index >= 15 is 0 Å². The third-order valence-corrected chi connectivity index (χ3v) is 4.74. The van der Waals surface area contributed by atoms with Gasteiger partial charge in [0.2, 0.25) is 5.91 Å². The van der Waals surface area contributed by atoms with Gasteiger partial charge in [-0.3, -0.25) is 9.59 Å². The number of aliphatic carboxylic acids is 1. The van der Waals surface area contributed by atoms with Gasteiger partial charge in [-0.15, -0.1) is 0 Å². The van der Waals surface area contributed by atoms with Crippen molar-refractivity contribution >= 4 is 27.7 Å². The molecule has 1 rings (SSSR count). The summed E-state index contributed by atoms with van der Waals surface area (Å²) in [7, 11) is -3.22. The number of hydrogen-bond donors (Lipinski definition) is 3. The molecule has 1 atom stereocenters. The van der Waals surface area contributed by atoms with Crippen molar-refractivity contribution in [1.29, 1.82) is 0 Å². The third kappa shape index (κ3) is 5.98. The van der Waals surface area contributed by atoms with Crippen molar-refractivity contribution in [1.82, 2.24) is 15.5 Å². The summed E-state index contributed by atoms with van der Waals surface area (Å²) in [5.74, 6) is -1.73. The Morgan fingerprint density at radius 2 is 1.86 bits per heavy atom. The minimum atomic E-state index is -3.22. The first kappa shape index (κ1) is 17.2. The van der Waals surface area contributed by atoms with E-state index in [0.717, 1.165) is 4.90 Å². The summed E-state index contributed by atoms with van der Waals surface area (Å²) in [5, 5.41) is 13.8. The molecule has 0 aromatic carbocycles. The SMILES string of the molecule is CC(=O)NCCNC(=O)N(CC(=O)O)C1CCS(=O)(=O)C1. The van der Waals surface area contributed by atoms with Gasteiger partial charge in [-0.05, 0) is 6.42 Å². The molecule has 1 heterocycles. The Bertz CT molecular complexity index is 518. The molecule has 1 unspecified atom stereocenters. The summed E-state index contributed by atoms with van der Waals surface area (Å²) in [6.45, 7) is 1.12. The van der Waals surface area contributed by atoms with E-state index in [9.17, 15) is 22.8 Å². The Morgan fingerprint density at radius 1 is 1.24 bits per heavy atom. The first-order chi connectivity index (χ1) is 9.71. The predicted octanol–water partition coefficient (Wildman–Crippen LogP) is -1.59.